The molecule has 1 unspecified atom stereocenters. The predicted molar refractivity (Wildman–Crippen MR) is 113 cm³/mol. The van der Waals surface area contributed by atoms with E-state index in [9.17, 15) is 55.9 Å². The van der Waals surface area contributed by atoms with Crippen LogP contribution < -0.4 is 5.32 Å². The summed E-state index contributed by atoms with van der Waals surface area (Å²) < 4.78 is 27.2. The number of nitrogens with one attached hydrogen (secondary N) is 1. The lowest BCUT2D eigenvalue weighted by Gasteiger charge is -2.43. The molecule has 17 heteroatoms. The fourth-order valence-electron chi connectivity index (χ4n) is 4.36. The minimum Gasteiger partial charge on any atom is -0.394 e. The van der Waals surface area contributed by atoms with Crippen LogP contribution in [0.4, 0.5) is 0 Å². The van der Waals surface area contributed by atoms with Gasteiger partial charge in [-0.2, -0.15) is 0 Å². The Morgan fingerprint density at radius 3 is 2.08 bits per heavy atom. The largest absolute Gasteiger partial charge is 0.394 e. The van der Waals surface area contributed by atoms with Crippen LogP contribution in [0.2, 0.25) is 0 Å². The maximum absolute atomic E-state index is 11.7. The first-order valence-corrected chi connectivity index (χ1v) is 11.6. The molecule has 216 valence electrons. The summed E-state index contributed by atoms with van der Waals surface area (Å²) in [6.45, 7) is -1.04. The van der Waals surface area contributed by atoms with Crippen LogP contribution in [-0.2, 0) is 28.5 Å². The van der Waals surface area contributed by atoms with E-state index in [2.05, 4.69) is 5.32 Å². The van der Waals surface area contributed by atoms with Gasteiger partial charge in [0.25, 0.3) is 0 Å². The Balaban J connectivity index is 1.79. The van der Waals surface area contributed by atoms with Crippen LogP contribution in [-0.4, -0.2) is 169 Å². The van der Waals surface area contributed by atoms with E-state index >= 15 is 0 Å². The SMILES string of the molecule is CC(=O)N[C@H]1[C@H](O[C@H]2[C@H](OC[C@H]3OC(O)[C@H](O)[C@@H](O)[C@@H]3O)O[C@@H]([C@H](O)CO)[C@@H]2O)O[C@H](CO)[C@@H](O)[C@@H]1O. The Bertz CT molecular complexity index is 747. The summed E-state index contributed by atoms with van der Waals surface area (Å²) in [5, 5.41) is 102. The lowest BCUT2D eigenvalue weighted by atomic mass is 9.96. The average molecular weight is 545 g/mol. The second kappa shape index (κ2) is 12.8. The second-order valence-corrected chi connectivity index (χ2v) is 9.11. The van der Waals surface area contributed by atoms with Crippen LogP contribution in [0.3, 0.4) is 0 Å². The number of ether oxygens (including phenoxy) is 5. The maximum atomic E-state index is 11.7. The van der Waals surface area contributed by atoms with Crippen molar-refractivity contribution in [3.05, 3.63) is 0 Å². The first-order valence-electron chi connectivity index (χ1n) is 11.6. The van der Waals surface area contributed by atoms with Crippen LogP contribution in [0, 0.1) is 0 Å². The van der Waals surface area contributed by atoms with E-state index in [-0.39, 0.29) is 0 Å². The zero-order valence-corrected chi connectivity index (χ0v) is 19.7. The van der Waals surface area contributed by atoms with Crippen LogP contribution in [0.5, 0.6) is 0 Å². The van der Waals surface area contributed by atoms with Crippen LogP contribution in [0.15, 0.2) is 0 Å². The number of hydrogen-bond acceptors (Lipinski definition) is 16. The summed E-state index contributed by atoms with van der Waals surface area (Å²) in [7, 11) is 0. The molecule has 0 aromatic carbocycles. The molecule has 37 heavy (non-hydrogen) atoms. The van der Waals surface area contributed by atoms with Gasteiger partial charge in [0.15, 0.2) is 18.9 Å². The summed E-state index contributed by atoms with van der Waals surface area (Å²) >= 11 is 0. The van der Waals surface area contributed by atoms with Gasteiger partial charge >= 0.3 is 0 Å². The van der Waals surface area contributed by atoms with Gasteiger partial charge in [0.05, 0.1) is 19.8 Å². The van der Waals surface area contributed by atoms with Gasteiger partial charge in [-0.15, -0.1) is 0 Å². The molecule has 0 aromatic rings. The zero-order valence-electron chi connectivity index (χ0n) is 19.7. The second-order valence-electron chi connectivity index (χ2n) is 9.11. The monoisotopic (exact) mass is 545 g/mol. The molecule has 0 radical (unpaired) electrons. The smallest absolute Gasteiger partial charge is 0.217 e. The number of aliphatic hydroxyl groups excluding tert-OH is 10. The molecule has 17 nitrogen and oxygen atoms in total. The first-order chi connectivity index (χ1) is 17.4. The van der Waals surface area contributed by atoms with Crippen LogP contribution >= 0.6 is 0 Å². The minimum atomic E-state index is -1.85. The van der Waals surface area contributed by atoms with E-state index < -0.39 is 118 Å². The molecule has 1 amide bonds. The summed E-state index contributed by atoms with van der Waals surface area (Å²) in [6, 6.07) is -1.39. The first kappa shape index (κ1) is 30.4. The molecule has 3 heterocycles. The number of rotatable bonds is 9. The lowest BCUT2D eigenvalue weighted by molar-refractivity contribution is -0.314. The summed E-state index contributed by atoms with van der Waals surface area (Å²) in [5.41, 5.74) is 0. The molecule has 0 spiro atoms. The van der Waals surface area contributed by atoms with E-state index in [1.165, 1.54) is 0 Å². The molecule has 0 saturated carbocycles. The number of amides is 1. The molecule has 3 aliphatic heterocycles. The van der Waals surface area contributed by atoms with Crippen molar-refractivity contribution in [3.8, 4) is 0 Å². The number of hydrogen-bond donors (Lipinski definition) is 11. The standard InChI is InChI=1S/C20H35NO16/c1-5(24)21-9-12(28)10(26)7(3-23)35-19(9)37-17-15(31)16(6(25)2-22)36-20(17)33-4-8-11(27)13(29)14(30)18(32)34-8/h6-20,22-23,25-32H,2-4H2,1H3,(H,21,24)/t6-,7-,8-,9-,10-,11-,12-,13+,14-,15+,16+,17-,18?,19+,20-/m1/s1. The molecule has 3 rings (SSSR count). The van der Waals surface area contributed by atoms with Gasteiger partial charge in [-0.1, -0.05) is 0 Å². The number of aliphatic hydroxyl groups is 10. The Hall–Kier alpha value is -1.13. The Morgan fingerprint density at radius 1 is 0.838 bits per heavy atom. The Kier molecular flexibility index (Phi) is 10.5. The average Bonchev–Trinajstić information content (AvgIpc) is 3.17. The summed E-state index contributed by atoms with van der Waals surface area (Å²) in [6.07, 6.45) is -22.6. The third-order valence-electron chi connectivity index (χ3n) is 6.45. The van der Waals surface area contributed by atoms with E-state index in [1.54, 1.807) is 0 Å². The van der Waals surface area contributed by atoms with Gasteiger partial charge in [-0.05, 0) is 0 Å². The molecule has 3 aliphatic rings. The minimum absolute atomic E-state index is 0.595. The number of carbonyl (C=O) groups excluding carboxylic acids is 1. The normalized spacial score (nSPS) is 47.5. The van der Waals surface area contributed by atoms with Crippen molar-refractivity contribution < 1.29 is 79.5 Å². The molecule has 3 fully saturated rings. The van der Waals surface area contributed by atoms with Crippen molar-refractivity contribution >= 4 is 5.91 Å². The Morgan fingerprint density at radius 2 is 1.49 bits per heavy atom. The quantitative estimate of drug-likeness (QED) is 0.128. The van der Waals surface area contributed by atoms with E-state index in [1.807, 2.05) is 0 Å². The van der Waals surface area contributed by atoms with E-state index in [4.69, 9.17) is 23.7 Å². The predicted octanol–water partition coefficient (Wildman–Crippen LogP) is -7.43. The highest BCUT2D eigenvalue weighted by Crippen LogP contribution is 2.32. The summed E-state index contributed by atoms with van der Waals surface area (Å²) in [4.78, 5) is 11.7. The topological polar surface area (TPSA) is 278 Å². The zero-order chi connectivity index (χ0) is 27.6. The van der Waals surface area contributed by atoms with Crippen LogP contribution in [0.25, 0.3) is 0 Å². The highest BCUT2D eigenvalue weighted by Gasteiger charge is 2.53. The van der Waals surface area contributed by atoms with Gasteiger partial charge < -0.3 is 80.1 Å². The van der Waals surface area contributed by atoms with Crippen molar-refractivity contribution in [3.63, 3.8) is 0 Å². The molecular formula is C20H35NO16. The van der Waals surface area contributed by atoms with Gasteiger partial charge in [0.2, 0.25) is 5.91 Å². The van der Waals surface area contributed by atoms with Crippen molar-refractivity contribution in [2.75, 3.05) is 19.8 Å². The fourth-order valence-corrected chi connectivity index (χ4v) is 4.36. The molecular weight excluding hydrogens is 510 g/mol. The third kappa shape index (κ3) is 6.55. The lowest BCUT2D eigenvalue weighted by Crippen LogP contribution is -2.65. The van der Waals surface area contributed by atoms with Crippen molar-refractivity contribution in [2.45, 2.75) is 99.0 Å². The van der Waals surface area contributed by atoms with Crippen molar-refractivity contribution in [2.24, 2.45) is 0 Å². The van der Waals surface area contributed by atoms with E-state index in [0.29, 0.717) is 0 Å². The number of carbonyl (C=O) groups is 1. The van der Waals surface area contributed by atoms with E-state index in [0.717, 1.165) is 6.92 Å². The summed E-state index contributed by atoms with van der Waals surface area (Å²) in [5.74, 6) is -0.636. The fraction of sp³-hybridized carbons (Fsp3) is 0.950. The molecule has 15 atom stereocenters. The molecule has 3 saturated heterocycles. The van der Waals surface area contributed by atoms with Crippen molar-refractivity contribution in [1.29, 1.82) is 0 Å². The van der Waals surface area contributed by atoms with Gasteiger partial charge in [-0.25, -0.2) is 0 Å². The van der Waals surface area contributed by atoms with Gasteiger partial charge in [0, 0.05) is 6.92 Å². The third-order valence-corrected chi connectivity index (χ3v) is 6.45. The molecule has 0 aromatic heterocycles. The molecule has 0 bridgehead atoms. The maximum Gasteiger partial charge on any atom is 0.217 e. The van der Waals surface area contributed by atoms with Gasteiger partial charge in [-0.3, -0.25) is 4.79 Å². The molecule has 0 aliphatic carbocycles. The highest BCUT2D eigenvalue weighted by atomic mass is 16.8. The Labute approximate surface area is 210 Å². The van der Waals surface area contributed by atoms with Crippen LogP contribution in [0.1, 0.15) is 6.92 Å². The highest BCUT2D eigenvalue weighted by molar-refractivity contribution is 5.73. The van der Waals surface area contributed by atoms with Gasteiger partial charge in [0.1, 0.15) is 73.2 Å². The molecule has 11 N–H and O–H groups in total. The van der Waals surface area contributed by atoms with Crippen molar-refractivity contribution in [1.82, 2.24) is 5.32 Å².